The number of rotatable bonds is 4. The largest absolute Gasteiger partial charge is 0.0928 e. The molecule has 0 heterocycles. The first kappa shape index (κ1) is 8.96. The van der Waals surface area contributed by atoms with Gasteiger partial charge in [-0.15, -0.1) is 0 Å². The van der Waals surface area contributed by atoms with Crippen molar-refractivity contribution in [2.45, 2.75) is 24.1 Å². The van der Waals surface area contributed by atoms with Crippen LogP contribution in [0.25, 0.3) is 0 Å². The molecule has 0 saturated heterocycles. The first-order chi connectivity index (χ1) is 3.77. The summed E-state index contributed by atoms with van der Waals surface area (Å²) in [6, 6.07) is 0. The second kappa shape index (κ2) is 6.09. The van der Waals surface area contributed by atoms with Gasteiger partial charge in [-0.25, -0.2) is 0 Å². The Bertz CT molecular complexity index is 43.8. The van der Waals surface area contributed by atoms with E-state index in [0.29, 0.717) is 4.83 Å². The molecule has 49 valence electrons. The zero-order valence-corrected chi connectivity index (χ0v) is 8.04. The van der Waals surface area contributed by atoms with Gasteiger partial charge in [-0.1, -0.05) is 38.3 Å². The molecule has 0 spiro atoms. The predicted octanol–water partition coefficient (Wildman–Crippen LogP) is 3.15. The van der Waals surface area contributed by atoms with Crippen LogP contribution >= 0.6 is 31.9 Å². The van der Waals surface area contributed by atoms with Crippen molar-refractivity contribution in [2.24, 2.45) is 0 Å². The molecule has 0 fully saturated rings. The van der Waals surface area contributed by atoms with Crippen molar-refractivity contribution in [3.05, 3.63) is 6.92 Å². The summed E-state index contributed by atoms with van der Waals surface area (Å²) >= 11 is 6.74. The van der Waals surface area contributed by atoms with Gasteiger partial charge >= 0.3 is 0 Å². The van der Waals surface area contributed by atoms with E-state index < -0.39 is 0 Å². The summed E-state index contributed by atoms with van der Waals surface area (Å²) in [5.74, 6) is 0. The molecule has 0 aliphatic heterocycles. The minimum Gasteiger partial charge on any atom is -0.0928 e. The van der Waals surface area contributed by atoms with Gasteiger partial charge in [0.05, 0.1) is 0 Å². The zero-order valence-electron chi connectivity index (χ0n) is 4.87. The van der Waals surface area contributed by atoms with E-state index in [-0.39, 0.29) is 0 Å². The fourth-order valence-corrected chi connectivity index (χ4v) is 1.18. The molecule has 0 aromatic heterocycles. The van der Waals surface area contributed by atoms with Crippen LogP contribution in [0, 0.1) is 6.92 Å². The molecule has 0 nitrogen and oxygen atoms in total. The van der Waals surface area contributed by atoms with Crippen molar-refractivity contribution in [3.8, 4) is 0 Å². The molecule has 2 heteroatoms. The number of unbranched alkanes of at least 4 members (excludes halogenated alkanes) is 1. The summed E-state index contributed by atoms with van der Waals surface area (Å²) < 4.78 is 0. The van der Waals surface area contributed by atoms with Crippen LogP contribution in [-0.2, 0) is 0 Å². The van der Waals surface area contributed by atoms with Crippen molar-refractivity contribution in [3.63, 3.8) is 0 Å². The van der Waals surface area contributed by atoms with Gasteiger partial charge in [0.1, 0.15) is 0 Å². The molecule has 1 atom stereocenters. The Hall–Kier alpha value is 0.960. The maximum absolute atomic E-state index is 3.81. The molecular formula is C6H11Br2. The standard InChI is InChI=1S/C6H11Br2/c1-6(8)4-2-3-5-7/h6H,1-5H2. The van der Waals surface area contributed by atoms with Crippen molar-refractivity contribution in [1.29, 1.82) is 0 Å². The van der Waals surface area contributed by atoms with Gasteiger partial charge in [0, 0.05) is 10.2 Å². The fourth-order valence-electron chi connectivity index (χ4n) is 0.460. The molecule has 0 saturated carbocycles. The van der Waals surface area contributed by atoms with Gasteiger partial charge in [0.25, 0.3) is 0 Å². The molecule has 0 aromatic carbocycles. The Kier molecular flexibility index (Phi) is 6.82. The fraction of sp³-hybridized carbons (Fsp3) is 0.833. The molecule has 0 aromatic rings. The summed E-state index contributed by atoms with van der Waals surface area (Å²) in [6.07, 6.45) is 3.72. The third kappa shape index (κ3) is 6.96. The number of hydrogen-bond donors (Lipinski definition) is 0. The lowest BCUT2D eigenvalue weighted by Crippen LogP contribution is -1.89. The Labute approximate surface area is 68.3 Å². The minimum atomic E-state index is 0.446. The first-order valence-corrected chi connectivity index (χ1v) is 4.84. The average molecular weight is 243 g/mol. The maximum Gasteiger partial charge on any atom is 0.0146 e. The van der Waals surface area contributed by atoms with Crippen LogP contribution in [0.5, 0.6) is 0 Å². The van der Waals surface area contributed by atoms with E-state index in [4.69, 9.17) is 0 Å². The highest BCUT2D eigenvalue weighted by molar-refractivity contribution is 9.09. The molecular weight excluding hydrogens is 232 g/mol. The van der Waals surface area contributed by atoms with E-state index >= 15 is 0 Å². The molecule has 0 rings (SSSR count). The van der Waals surface area contributed by atoms with Gasteiger partial charge in [-0.05, 0) is 19.8 Å². The van der Waals surface area contributed by atoms with Gasteiger partial charge in [-0.2, -0.15) is 0 Å². The summed E-state index contributed by atoms with van der Waals surface area (Å²) in [4.78, 5) is 0.446. The third-order valence-corrected chi connectivity index (χ3v) is 1.92. The number of halogens is 2. The van der Waals surface area contributed by atoms with Gasteiger partial charge < -0.3 is 0 Å². The predicted molar refractivity (Wildman–Crippen MR) is 45.7 cm³/mol. The molecule has 8 heavy (non-hydrogen) atoms. The number of hydrogen-bond acceptors (Lipinski definition) is 0. The van der Waals surface area contributed by atoms with Crippen molar-refractivity contribution in [2.75, 3.05) is 5.33 Å². The van der Waals surface area contributed by atoms with Crippen LogP contribution < -0.4 is 0 Å². The van der Waals surface area contributed by atoms with E-state index in [9.17, 15) is 0 Å². The first-order valence-electron chi connectivity index (χ1n) is 2.80. The summed E-state index contributed by atoms with van der Waals surface area (Å²) in [5, 5.41) is 1.12. The highest BCUT2D eigenvalue weighted by Gasteiger charge is 1.92. The van der Waals surface area contributed by atoms with E-state index in [0.717, 1.165) is 5.33 Å². The average Bonchev–Trinajstić information content (AvgIpc) is 1.66. The Morgan fingerprint density at radius 1 is 1.38 bits per heavy atom. The van der Waals surface area contributed by atoms with Crippen LogP contribution in [-0.4, -0.2) is 10.2 Å². The van der Waals surface area contributed by atoms with Crippen molar-refractivity contribution < 1.29 is 0 Å². The Morgan fingerprint density at radius 2 is 2.00 bits per heavy atom. The second-order valence-electron chi connectivity index (χ2n) is 1.78. The van der Waals surface area contributed by atoms with E-state index in [1.165, 1.54) is 19.3 Å². The normalized spacial score (nSPS) is 13.9. The van der Waals surface area contributed by atoms with Crippen LogP contribution in [0.4, 0.5) is 0 Å². The summed E-state index contributed by atoms with van der Waals surface area (Å²) in [7, 11) is 0. The molecule has 0 aliphatic rings. The molecule has 0 bridgehead atoms. The maximum atomic E-state index is 3.81. The summed E-state index contributed by atoms with van der Waals surface area (Å²) in [5.41, 5.74) is 0. The molecule has 1 unspecified atom stereocenters. The highest BCUT2D eigenvalue weighted by Crippen LogP contribution is 2.08. The third-order valence-electron chi connectivity index (χ3n) is 0.901. The molecule has 0 amide bonds. The van der Waals surface area contributed by atoms with Crippen molar-refractivity contribution in [1.82, 2.24) is 0 Å². The zero-order chi connectivity index (χ0) is 6.41. The lowest BCUT2D eigenvalue weighted by molar-refractivity contribution is 0.750. The SMILES string of the molecule is [CH2]C(Br)CCCCBr. The summed E-state index contributed by atoms with van der Waals surface area (Å²) in [6.45, 7) is 3.81. The van der Waals surface area contributed by atoms with Crippen LogP contribution in [0.2, 0.25) is 0 Å². The van der Waals surface area contributed by atoms with Crippen LogP contribution in [0.1, 0.15) is 19.3 Å². The Balaban J connectivity index is 2.72. The van der Waals surface area contributed by atoms with E-state index in [1.807, 2.05) is 0 Å². The monoisotopic (exact) mass is 241 g/mol. The topological polar surface area (TPSA) is 0 Å². The Morgan fingerprint density at radius 3 is 2.38 bits per heavy atom. The molecule has 1 radical (unpaired) electrons. The second-order valence-corrected chi connectivity index (χ2v) is 3.87. The lowest BCUT2D eigenvalue weighted by Gasteiger charge is -1.98. The highest BCUT2D eigenvalue weighted by atomic mass is 79.9. The lowest BCUT2D eigenvalue weighted by atomic mass is 10.2. The smallest absolute Gasteiger partial charge is 0.0146 e. The quantitative estimate of drug-likeness (QED) is 0.525. The number of alkyl halides is 2. The van der Waals surface area contributed by atoms with Gasteiger partial charge in [0.2, 0.25) is 0 Å². The van der Waals surface area contributed by atoms with Crippen LogP contribution in [0.3, 0.4) is 0 Å². The van der Waals surface area contributed by atoms with E-state index in [2.05, 4.69) is 38.8 Å². The van der Waals surface area contributed by atoms with Crippen LogP contribution in [0.15, 0.2) is 0 Å². The van der Waals surface area contributed by atoms with Gasteiger partial charge in [-0.3, -0.25) is 0 Å². The van der Waals surface area contributed by atoms with Gasteiger partial charge in [0.15, 0.2) is 0 Å². The molecule has 0 N–H and O–H groups in total. The molecule has 0 aliphatic carbocycles. The van der Waals surface area contributed by atoms with Crippen molar-refractivity contribution >= 4 is 31.9 Å². The van der Waals surface area contributed by atoms with E-state index in [1.54, 1.807) is 0 Å². The minimum absolute atomic E-state index is 0.446.